The van der Waals surface area contributed by atoms with Gasteiger partial charge in [-0.05, 0) is 30.9 Å². The van der Waals surface area contributed by atoms with E-state index < -0.39 is 0 Å². The van der Waals surface area contributed by atoms with E-state index in [-0.39, 0.29) is 10.7 Å². The van der Waals surface area contributed by atoms with Gasteiger partial charge >= 0.3 is 0 Å². The summed E-state index contributed by atoms with van der Waals surface area (Å²) in [6, 6.07) is 2.19. The summed E-state index contributed by atoms with van der Waals surface area (Å²) < 4.78 is 0.0556. The minimum absolute atomic E-state index is 0.0556. The molecule has 3 aliphatic heterocycles. The molecule has 0 unspecified atom stereocenters. The first-order valence-electron chi connectivity index (χ1n) is 8.69. The molecule has 3 aliphatic rings. The Balaban J connectivity index is 1.39. The number of nitrogens with zero attached hydrogens (tertiary/aromatic N) is 4. The van der Waals surface area contributed by atoms with Crippen LogP contribution in [0.1, 0.15) is 37.7 Å². The highest BCUT2D eigenvalue weighted by Gasteiger charge is 2.35. The van der Waals surface area contributed by atoms with Crippen molar-refractivity contribution in [3.05, 3.63) is 28.2 Å². The number of aliphatic imine (C=N–C) groups is 1. The van der Waals surface area contributed by atoms with E-state index in [0.29, 0.717) is 5.15 Å². The van der Waals surface area contributed by atoms with Crippen LogP contribution in [-0.4, -0.2) is 52.6 Å². The van der Waals surface area contributed by atoms with Crippen LogP contribution in [-0.2, 0) is 6.42 Å². The van der Waals surface area contributed by atoms with Gasteiger partial charge in [0, 0.05) is 32.4 Å². The molecule has 4 rings (SSSR count). The Morgan fingerprint density at radius 3 is 2.65 bits per heavy atom. The van der Waals surface area contributed by atoms with E-state index >= 15 is 0 Å². The topological polar surface area (TPSA) is 51.5 Å². The fraction of sp³-hybridized carbons (Fsp3) is 0.647. The average molecular weight is 335 g/mol. The Morgan fingerprint density at radius 1 is 1.17 bits per heavy atom. The molecule has 0 saturated carbocycles. The Hall–Kier alpha value is -1.17. The summed E-state index contributed by atoms with van der Waals surface area (Å²) in [5, 5.41) is 13.5. The van der Waals surface area contributed by atoms with Crippen LogP contribution in [0.25, 0.3) is 0 Å². The molecule has 23 heavy (non-hydrogen) atoms. The largest absolute Gasteiger partial charge is 0.633 e. The van der Waals surface area contributed by atoms with Crippen molar-refractivity contribution in [2.45, 2.75) is 44.6 Å². The number of pyridine rings is 1. The third-order valence-corrected chi connectivity index (χ3v) is 5.81. The summed E-state index contributed by atoms with van der Waals surface area (Å²) >= 11 is 5.96. The first-order valence-corrected chi connectivity index (χ1v) is 9.06. The quantitative estimate of drug-likeness (QED) is 0.450. The minimum Gasteiger partial charge on any atom is -0.633 e. The van der Waals surface area contributed by atoms with Crippen LogP contribution in [0.4, 0.5) is 5.69 Å². The Bertz CT molecular complexity index is 619. The second-order valence-electron chi connectivity index (χ2n) is 7.02. The molecule has 0 bridgehead atoms. The number of rotatable bonds is 1. The van der Waals surface area contributed by atoms with E-state index in [1.165, 1.54) is 6.42 Å². The number of aromatic nitrogens is 1. The normalized spacial score (nSPS) is 24.4. The monoisotopic (exact) mass is 334 g/mol. The maximum atomic E-state index is 13.0. The summed E-state index contributed by atoms with van der Waals surface area (Å²) in [4.78, 5) is 11.2. The molecule has 1 aromatic heterocycles. The zero-order valence-electron chi connectivity index (χ0n) is 13.4. The molecule has 0 spiro atoms. The number of likely N-dealkylation sites (tertiary alicyclic amines) is 2. The highest BCUT2D eigenvalue weighted by Crippen LogP contribution is 2.32. The second-order valence-corrected chi connectivity index (χ2v) is 7.41. The van der Waals surface area contributed by atoms with Crippen molar-refractivity contribution < 1.29 is 4.65 Å². The van der Waals surface area contributed by atoms with Gasteiger partial charge in [-0.15, -0.1) is 0 Å². The highest BCUT2D eigenvalue weighted by molar-refractivity contribution is 6.29. The van der Waals surface area contributed by atoms with Gasteiger partial charge in [0.15, 0.2) is 0 Å². The summed E-state index contributed by atoms with van der Waals surface area (Å²) in [5.41, 5.74) is 2.10. The van der Waals surface area contributed by atoms with Crippen LogP contribution in [0.15, 0.2) is 17.3 Å². The van der Waals surface area contributed by atoms with E-state index in [2.05, 4.69) is 9.88 Å². The van der Waals surface area contributed by atoms with Crippen molar-refractivity contribution >= 4 is 23.1 Å². The third-order valence-electron chi connectivity index (χ3n) is 5.60. The second kappa shape index (κ2) is 6.04. The molecule has 5 nitrogen and oxygen atoms in total. The number of piperidine rings is 2. The average Bonchev–Trinajstić information content (AvgIpc) is 2.99. The van der Waals surface area contributed by atoms with Crippen molar-refractivity contribution in [2.75, 3.05) is 26.2 Å². The van der Waals surface area contributed by atoms with E-state index in [1.54, 1.807) is 6.20 Å². The Morgan fingerprint density at radius 2 is 1.91 bits per heavy atom. The molecule has 0 atom stereocenters. The van der Waals surface area contributed by atoms with Crippen LogP contribution < -0.4 is 0 Å². The number of fused-ring (bicyclic) bond motifs is 1. The van der Waals surface area contributed by atoms with Crippen LogP contribution in [0.3, 0.4) is 0 Å². The van der Waals surface area contributed by atoms with Gasteiger partial charge < -0.3 is 14.8 Å². The fourth-order valence-electron chi connectivity index (χ4n) is 4.24. The van der Waals surface area contributed by atoms with Crippen molar-refractivity contribution in [3.8, 4) is 0 Å². The van der Waals surface area contributed by atoms with Crippen LogP contribution in [0, 0.1) is 5.21 Å². The predicted octanol–water partition coefficient (Wildman–Crippen LogP) is 3.28. The lowest BCUT2D eigenvalue weighted by molar-refractivity contribution is -0.911. The first kappa shape index (κ1) is 15.4. The smallest absolute Gasteiger partial charge is 0.129 e. The first-order chi connectivity index (χ1) is 11.1. The number of hydrogen-bond donors (Lipinski definition) is 0. The molecule has 2 saturated heterocycles. The molecular weight excluding hydrogens is 312 g/mol. The van der Waals surface area contributed by atoms with Gasteiger partial charge in [-0.3, -0.25) is 0 Å². The molecular formula is C17H23ClN4O. The van der Waals surface area contributed by atoms with Crippen LogP contribution in [0.5, 0.6) is 0 Å². The number of amidine groups is 1. The molecule has 0 aliphatic carbocycles. The summed E-state index contributed by atoms with van der Waals surface area (Å²) in [7, 11) is 0. The molecule has 2 fully saturated rings. The molecule has 0 N–H and O–H groups in total. The van der Waals surface area contributed by atoms with Crippen LogP contribution >= 0.6 is 11.6 Å². The molecule has 6 heteroatoms. The zero-order valence-corrected chi connectivity index (χ0v) is 14.1. The molecule has 1 aromatic rings. The Labute approximate surface area is 142 Å². The fourth-order valence-corrected chi connectivity index (χ4v) is 4.42. The van der Waals surface area contributed by atoms with E-state index in [4.69, 9.17) is 16.6 Å². The van der Waals surface area contributed by atoms with Crippen molar-refractivity contribution in [2.24, 2.45) is 4.99 Å². The molecule has 124 valence electrons. The van der Waals surface area contributed by atoms with E-state index in [1.807, 2.05) is 6.07 Å². The Kier molecular flexibility index (Phi) is 4.03. The van der Waals surface area contributed by atoms with E-state index in [9.17, 15) is 5.21 Å². The van der Waals surface area contributed by atoms with Crippen LogP contribution in [0.2, 0.25) is 5.15 Å². The number of hydrogen-bond acceptors (Lipinski definition) is 4. The lowest BCUT2D eigenvalue weighted by atomic mass is 9.98. The SMILES string of the molecule is [O-][N+]1(C2CCN(C3=Nc4cnc(Cl)cc4C3)CC2)CCCCC1. The number of quaternary nitrogens is 1. The highest BCUT2D eigenvalue weighted by atomic mass is 35.5. The van der Waals surface area contributed by atoms with Crippen molar-refractivity contribution in [3.63, 3.8) is 0 Å². The standard InChI is InChI=1S/C17H23ClN4O/c18-16-10-13-11-17(20-15(13)12-19-16)21-6-4-14(5-7-21)22(23)8-2-1-3-9-22/h10,12,14H,1-9,11H2. The number of hydroxylamine groups is 3. The van der Waals surface area contributed by atoms with E-state index in [0.717, 1.165) is 75.4 Å². The minimum atomic E-state index is 0.0556. The van der Waals surface area contributed by atoms with Gasteiger partial charge in [-0.2, -0.15) is 0 Å². The lowest BCUT2D eigenvalue weighted by Gasteiger charge is -2.53. The van der Waals surface area contributed by atoms with Gasteiger partial charge in [0.1, 0.15) is 11.0 Å². The zero-order chi connectivity index (χ0) is 15.9. The lowest BCUT2D eigenvalue weighted by Crippen LogP contribution is -2.57. The summed E-state index contributed by atoms with van der Waals surface area (Å²) in [5.74, 6) is 1.11. The molecule has 0 aromatic carbocycles. The van der Waals surface area contributed by atoms with Gasteiger partial charge in [-0.25, -0.2) is 9.98 Å². The maximum absolute atomic E-state index is 13.0. The summed E-state index contributed by atoms with van der Waals surface area (Å²) in [6.07, 6.45) is 7.98. The maximum Gasteiger partial charge on any atom is 0.129 e. The molecule has 0 amide bonds. The summed E-state index contributed by atoms with van der Waals surface area (Å²) in [6.45, 7) is 3.53. The van der Waals surface area contributed by atoms with Gasteiger partial charge in [-0.1, -0.05) is 11.6 Å². The number of halogens is 1. The van der Waals surface area contributed by atoms with Gasteiger partial charge in [0.2, 0.25) is 0 Å². The third kappa shape index (κ3) is 2.97. The molecule has 0 radical (unpaired) electrons. The molecule has 4 heterocycles. The predicted molar refractivity (Wildman–Crippen MR) is 91.9 cm³/mol. The van der Waals surface area contributed by atoms with Crippen molar-refractivity contribution in [1.29, 1.82) is 0 Å². The van der Waals surface area contributed by atoms with Gasteiger partial charge in [0.05, 0.1) is 31.0 Å². The van der Waals surface area contributed by atoms with Gasteiger partial charge in [0.25, 0.3) is 0 Å². The van der Waals surface area contributed by atoms with Crippen molar-refractivity contribution in [1.82, 2.24) is 9.88 Å².